The van der Waals surface area contributed by atoms with Crippen molar-refractivity contribution in [1.82, 2.24) is 4.98 Å². The third kappa shape index (κ3) is 3.85. The van der Waals surface area contributed by atoms with Crippen LogP contribution in [0, 0.1) is 6.92 Å². The average Bonchev–Trinajstić information content (AvgIpc) is 2.72. The maximum Gasteiger partial charge on any atom is 0.150 e. The van der Waals surface area contributed by atoms with Gasteiger partial charge in [0, 0.05) is 27.5 Å². The van der Waals surface area contributed by atoms with E-state index >= 15 is 0 Å². The van der Waals surface area contributed by atoms with Gasteiger partial charge in [-0.15, -0.1) is 23.1 Å². The maximum absolute atomic E-state index is 4.43. The zero-order chi connectivity index (χ0) is 11.2. The van der Waals surface area contributed by atoms with Crippen LogP contribution < -0.4 is 0 Å². The minimum absolute atomic E-state index is 1.12. The second-order valence-electron chi connectivity index (χ2n) is 3.26. The van der Waals surface area contributed by atoms with Crippen LogP contribution in [0.2, 0.25) is 0 Å². The topological polar surface area (TPSA) is 12.9 Å². The Kier molecular flexibility index (Phi) is 4.75. The molecule has 1 aromatic carbocycles. The lowest BCUT2D eigenvalue weighted by molar-refractivity contribution is 1.16. The Bertz CT molecular complexity index is 425. The highest BCUT2D eigenvalue weighted by atomic mass is 32.2. The molecule has 0 fully saturated rings. The van der Waals surface area contributed by atoms with Crippen LogP contribution in [-0.2, 0) is 0 Å². The van der Waals surface area contributed by atoms with Gasteiger partial charge in [-0.05, 0) is 19.1 Å². The fourth-order valence-electron chi connectivity index (χ4n) is 1.20. The summed E-state index contributed by atoms with van der Waals surface area (Å²) in [4.78, 5) is 5.77. The number of aryl methyl sites for hydroxylation is 1. The summed E-state index contributed by atoms with van der Waals surface area (Å²) in [5.74, 6) is 2.25. The lowest BCUT2D eigenvalue weighted by Gasteiger charge is -1.99. The summed E-state index contributed by atoms with van der Waals surface area (Å²) >= 11 is 5.49. The van der Waals surface area contributed by atoms with Crippen molar-refractivity contribution >= 4 is 34.9 Å². The monoisotopic (exact) mass is 267 g/mol. The van der Waals surface area contributed by atoms with Crippen LogP contribution in [0.1, 0.15) is 5.69 Å². The molecule has 0 N–H and O–H groups in total. The van der Waals surface area contributed by atoms with Crippen molar-refractivity contribution in [3.63, 3.8) is 0 Å². The molecule has 2 rings (SSSR count). The van der Waals surface area contributed by atoms with E-state index in [1.807, 2.05) is 30.4 Å². The summed E-state index contributed by atoms with van der Waals surface area (Å²) in [7, 11) is 0. The molecule has 84 valence electrons. The Morgan fingerprint density at radius 1 is 1.12 bits per heavy atom. The Morgan fingerprint density at radius 3 is 2.56 bits per heavy atom. The predicted molar refractivity (Wildman–Crippen MR) is 74.7 cm³/mol. The molecule has 2 aromatic rings. The molecule has 0 aliphatic rings. The third-order valence-electron chi connectivity index (χ3n) is 1.92. The van der Waals surface area contributed by atoms with Crippen LogP contribution in [0.5, 0.6) is 0 Å². The van der Waals surface area contributed by atoms with Gasteiger partial charge >= 0.3 is 0 Å². The third-order valence-corrected chi connectivity index (χ3v) is 5.33. The smallest absolute Gasteiger partial charge is 0.150 e. The van der Waals surface area contributed by atoms with E-state index in [1.165, 1.54) is 9.24 Å². The SMILES string of the molecule is Cc1csc(SCCSc2ccccc2)n1. The lowest BCUT2D eigenvalue weighted by atomic mass is 10.4. The highest BCUT2D eigenvalue weighted by Crippen LogP contribution is 2.25. The predicted octanol–water partition coefficient (Wildman–Crippen LogP) is 4.34. The maximum atomic E-state index is 4.43. The van der Waals surface area contributed by atoms with E-state index in [1.54, 1.807) is 11.3 Å². The van der Waals surface area contributed by atoms with Crippen LogP contribution in [0.3, 0.4) is 0 Å². The zero-order valence-electron chi connectivity index (χ0n) is 9.05. The molecule has 0 aliphatic carbocycles. The lowest BCUT2D eigenvalue weighted by Crippen LogP contribution is -1.83. The van der Waals surface area contributed by atoms with Crippen LogP contribution in [-0.4, -0.2) is 16.5 Å². The highest BCUT2D eigenvalue weighted by Gasteiger charge is 1.99. The van der Waals surface area contributed by atoms with Gasteiger partial charge in [0.05, 0.1) is 0 Å². The fourth-order valence-corrected chi connectivity index (χ4v) is 4.03. The Balaban J connectivity index is 1.69. The first-order valence-corrected chi connectivity index (χ1v) is 7.92. The molecular formula is C12H13NS3. The Morgan fingerprint density at radius 2 is 1.88 bits per heavy atom. The van der Waals surface area contributed by atoms with Crippen molar-refractivity contribution in [1.29, 1.82) is 0 Å². The van der Waals surface area contributed by atoms with Gasteiger partial charge < -0.3 is 0 Å². The second-order valence-corrected chi connectivity index (χ2v) is 6.63. The first-order valence-electron chi connectivity index (χ1n) is 5.07. The van der Waals surface area contributed by atoms with E-state index < -0.39 is 0 Å². The number of aromatic nitrogens is 1. The Hall–Kier alpha value is -0.450. The molecule has 4 heteroatoms. The number of rotatable bonds is 5. The number of thioether (sulfide) groups is 2. The molecule has 1 nitrogen and oxygen atoms in total. The summed E-state index contributed by atoms with van der Waals surface area (Å²) in [6.07, 6.45) is 0. The molecule has 0 saturated heterocycles. The summed E-state index contributed by atoms with van der Waals surface area (Å²) in [6.45, 7) is 2.04. The number of hydrogen-bond donors (Lipinski definition) is 0. The molecule has 0 radical (unpaired) electrons. The Labute approximate surface area is 109 Å². The molecule has 0 amide bonds. The molecule has 0 spiro atoms. The van der Waals surface area contributed by atoms with Crippen molar-refractivity contribution < 1.29 is 0 Å². The van der Waals surface area contributed by atoms with Crippen LogP contribution in [0.15, 0.2) is 44.9 Å². The first-order chi connectivity index (χ1) is 7.84. The van der Waals surface area contributed by atoms with E-state index in [4.69, 9.17) is 0 Å². The summed E-state index contributed by atoms with van der Waals surface area (Å²) in [5.41, 5.74) is 1.13. The van der Waals surface area contributed by atoms with Crippen molar-refractivity contribution in [3.05, 3.63) is 41.4 Å². The van der Waals surface area contributed by atoms with Gasteiger partial charge in [0.25, 0.3) is 0 Å². The van der Waals surface area contributed by atoms with Crippen LogP contribution in [0.25, 0.3) is 0 Å². The van der Waals surface area contributed by atoms with Crippen LogP contribution in [0.4, 0.5) is 0 Å². The van der Waals surface area contributed by atoms with E-state index in [0.29, 0.717) is 0 Å². The largest absolute Gasteiger partial charge is 0.235 e. The summed E-state index contributed by atoms with van der Waals surface area (Å²) in [5, 5.41) is 2.10. The standard InChI is InChI=1S/C12H13NS3/c1-10-9-16-12(13-10)15-8-7-14-11-5-3-2-4-6-11/h2-6,9H,7-8H2,1H3. The van der Waals surface area contributed by atoms with Gasteiger partial charge in [-0.1, -0.05) is 30.0 Å². The van der Waals surface area contributed by atoms with Crippen molar-refractivity contribution in [2.75, 3.05) is 11.5 Å². The molecule has 0 saturated carbocycles. The molecule has 1 heterocycles. The van der Waals surface area contributed by atoms with Crippen molar-refractivity contribution in [2.45, 2.75) is 16.2 Å². The highest BCUT2D eigenvalue weighted by molar-refractivity contribution is 8.03. The molecule has 0 bridgehead atoms. The van der Waals surface area contributed by atoms with Crippen molar-refractivity contribution in [3.8, 4) is 0 Å². The molecule has 0 unspecified atom stereocenters. The minimum atomic E-state index is 1.12. The van der Waals surface area contributed by atoms with Gasteiger partial charge in [0.15, 0.2) is 0 Å². The molecule has 0 atom stereocenters. The van der Waals surface area contributed by atoms with Gasteiger partial charge in [0.2, 0.25) is 0 Å². The number of nitrogens with zero attached hydrogens (tertiary/aromatic N) is 1. The second kappa shape index (κ2) is 6.33. The molecule has 1 aromatic heterocycles. The van der Waals surface area contributed by atoms with E-state index in [2.05, 4.69) is 40.7 Å². The van der Waals surface area contributed by atoms with Crippen molar-refractivity contribution in [2.24, 2.45) is 0 Å². The van der Waals surface area contributed by atoms with Crippen LogP contribution >= 0.6 is 34.9 Å². The average molecular weight is 267 g/mol. The number of benzene rings is 1. The minimum Gasteiger partial charge on any atom is -0.235 e. The van der Waals surface area contributed by atoms with Gasteiger partial charge in [-0.25, -0.2) is 4.98 Å². The van der Waals surface area contributed by atoms with Gasteiger partial charge in [0.1, 0.15) is 4.34 Å². The number of thiazole rings is 1. The number of hydrogen-bond acceptors (Lipinski definition) is 4. The molecular weight excluding hydrogens is 254 g/mol. The van der Waals surface area contributed by atoms with Gasteiger partial charge in [-0.3, -0.25) is 0 Å². The fraction of sp³-hybridized carbons (Fsp3) is 0.250. The van der Waals surface area contributed by atoms with Gasteiger partial charge in [-0.2, -0.15) is 0 Å². The normalized spacial score (nSPS) is 10.6. The first kappa shape index (κ1) is 12.0. The molecule has 16 heavy (non-hydrogen) atoms. The zero-order valence-corrected chi connectivity index (χ0v) is 11.5. The summed E-state index contributed by atoms with van der Waals surface area (Å²) in [6, 6.07) is 10.5. The van der Waals surface area contributed by atoms with E-state index in [-0.39, 0.29) is 0 Å². The molecule has 0 aliphatic heterocycles. The van der Waals surface area contributed by atoms with E-state index in [9.17, 15) is 0 Å². The van der Waals surface area contributed by atoms with E-state index in [0.717, 1.165) is 17.2 Å². The quantitative estimate of drug-likeness (QED) is 0.591. The summed E-state index contributed by atoms with van der Waals surface area (Å²) < 4.78 is 1.19.